The Kier molecular flexibility index (Phi) is 8.11. The summed E-state index contributed by atoms with van der Waals surface area (Å²) >= 11 is 11.8. The van der Waals surface area contributed by atoms with Crippen LogP contribution in [0.15, 0.2) is 35.4 Å². The van der Waals surface area contributed by atoms with Gasteiger partial charge in [-0.2, -0.15) is 5.10 Å². The number of amides is 2. The van der Waals surface area contributed by atoms with E-state index in [-0.39, 0.29) is 6.54 Å². The van der Waals surface area contributed by atoms with Gasteiger partial charge >= 0.3 is 11.8 Å². The molecule has 2 amide bonds. The molecule has 2 aromatic rings. The number of nitrogens with zero attached hydrogens (tertiary/aromatic N) is 1. The van der Waals surface area contributed by atoms with E-state index >= 15 is 0 Å². The van der Waals surface area contributed by atoms with Gasteiger partial charge in [0.25, 0.3) is 0 Å². The predicted octanol–water partition coefficient (Wildman–Crippen LogP) is 2.79. The van der Waals surface area contributed by atoms with Crippen molar-refractivity contribution in [3.05, 3.63) is 51.5 Å². The number of methoxy groups -OCH3 is 3. The number of carbonyl (C=O) groups is 2. The van der Waals surface area contributed by atoms with Gasteiger partial charge in [-0.15, -0.1) is 0 Å². The van der Waals surface area contributed by atoms with Gasteiger partial charge in [0.2, 0.25) is 5.75 Å². The van der Waals surface area contributed by atoms with Crippen molar-refractivity contribution in [2.24, 2.45) is 5.10 Å². The third kappa shape index (κ3) is 6.00. The Bertz CT molecular complexity index is 909. The zero-order valence-corrected chi connectivity index (χ0v) is 17.4. The lowest BCUT2D eigenvalue weighted by Crippen LogP contribution is -2.37. The first-order valence-corrected chi connectivity index (χ1v) is 9.00. The molecule has 0 aromatic heterocycles. The fourth-order valence-electron chi connectivity index (χ4n) is 2.31. The van der Waals surface area contributed by atoms with E-state index in [2.05, 4.69) is 15.8 Å². The Labute approximate surface area is 177 Å². The van der Waals surface area contributed by atoms with Crippen molar-refractivity contribution in [2.45, 2.75) is 6.54 Å². The van der Waals surface area contributed by atoms with Crippen LogP contribution in [0.2, 0.25) is 10.0 Å². The second kappa shape index (κ2) is 10.5. The molecule has 0 aliphatic carbocycles. The fourth-order valence-corrected chi connectivity index (χ4v) is 2.79. The van der Waals surface area contributed by atoms with Gasteiger partial charge in [0.05, 0.1) is 27.5 Å². The van der Waals surface area contributed by atoms with Crippen LogP contribution in [-0.4, -0.2) is 39.4 Å². The number of hydrogen-bond acceptors (Lipinski definition) is 6. The molecule has 2 aromatic carbocycles. The third-order valence-electron chi connectivity index (χ3n) is 3.73. The number of rotatable bonds is 7. The molecule has 10 heteroatoms. The van der Waals surface area contributed by atoms with Gasteiger partial charge in [0.1, 0.15) is 0 Å². The number of hydrazone groups is 1. The minimum atomic E-state index is -0.932. The molecule has 2 rings (SSSR count). The van der Waals surface area contributed by atoms with Crippen molar-refractivity contribution in [1.82, 2.24) is 10.7 Å². The van der Waals surface area contributed by atoms with Gasteiger partial charge in [-0.1, -0.05) is 29.3 Å². The first kappa shape index (κ1) is 22.3. The van der Waals surface area contributed by atoms with Crippen molar-refractivity contribution >= 4 is 41.2 Å². The van der Waals surface area contributed by atoms with Gasteiger partial charge in [-0.05, 0) is 29.8 Å². The molecule has 0 fully saturated rings. The SMILES string of the molecule is COc1cc(C=NNC(=O)C(=O)NCc2ccc(Cl)cc2Cl)cc(OC)c1OC. The van der Waals surface area contributed by atoms with E-state index in [0.717, 1.165) is 0 Å². The van der Waals surface area contributed by atoms with E-state index in [4.69, 9.17) is 37.4 Å². The molecular formula is C19H19Cl2N3O5. The summed E-state index contributed by atoms with van der Waals surface area (Å²) in [6, 6.07) is 8.12. The van der Waals surface area contributed by atoms with Gasteiger partial charge in [0, 0.05) is 22.2 Å². The maximum absolute atomic E-state index is 11.9. The molecule has 2 N–H and O–H groups in total. The van der Waals surface area contributed by atoms with Crippen LogP contribution < -0.4 is 25.0 Å². The molecule has 29 heavy (non-hydrogen) atoms. The molecular weight excluding hydrogens is 421 g/mol. The van der Waals surface area contributed by atoms with Gasteiger partial charge < -0.3 is 19.5 Å². The summed E-state index contributed by atoms with van der Waals surface area (Å²) in [4.78, 5) is 23.8. The number of carbonyl (C=O) groups excluding carboxylic acids is 2. The van der Waals surface area contributed by atoms with Crippen molar-refractivity contribution < 1.29 is 23.8 Å². The lowest BCUT2D eigenvalue weighted by molar-refractivity contribution is -0.139. The quantitative estimate of drug-likeness (QED) is 0.392. The van der Waals surface area contributed by atoms with Crippen molar-refractivity contribution in [1.29, 1.82) is 0 Å². The smallest absolute Gasteiger partial charge is 0.329 e. The summed E-state index contributed by atoms with van der Waals surface area (Å²) in [6.07, 6.45) is 1.34. The number of benzene rings is 2. The highest BCUT2D eigenvalue weighted by molar-refractivity contribution is 6.36. The lowest BCUT2D eigenvalue weighted by atomic mass is 10.2. The maximum Gasteiger partial charge on any atom is 0.329 e. The molecule has 8 nitrogen and oxygen atoms in total. The predicted molar refractivity (Wildman–Crippen MR) is 110 cm³/mol. The van der Waals surface area contributed by atoms with Gasteiger partial charge in [-0.25, -0.2) is 5.43 Å². The molecule has 0 saturated heterocycles. The Hall–Kier alpha value is -2.97. The van der Waals surface area contributed by atoms with Gasteiger partial charge in [-0.3, -0.25) is 9.59 Å². The van der Waals surface area contributed by atoms with Crippen molar-refractivity contribution in [3.8, 4) is 17.2 Å². The standard InChI is InChI=1S/C19H19Cl2N3O5/c1-27-15-6-11(7-16(28-2)17(15)29-3)9-23-24-19(26)18(25)22-10-12-4-5-13(20)8-14(12)21/h4-9H,10H2,1-3H3,(H,22,25)(H,24,26). The van der Waals surface area contributed by atoms with E-state index < -0.39 is 11.8 Å². The van der Waals surface area contributed by atoms with Crippen LogP contribution in [0.25, 0.3) is 0 Å². The van der Waals surface area contributed by atoms with E-state index in [1.165, 1.54) is 27.5 Å². The summed E-state index contributed by atoms with van der Waals surface area (Å²) in [7, 11) is 4.46. The fraction of sp³-hybridized carbons (Fsp3) is 0.211. The third-order valence-corrected chi connectivity index (χ3v) is 4.31. The largest absolute Gasteiger partial charge is 0.493 e. The van der Waals surface area contributed by atoms with Crippen LogP contribution in [0.4, 0.5) is 0 Å². The summed E-state index contributed by atoms with van der Waals surface area (Å²) in [6.45, 7) is 0.0683. The molecule has 0 aliphatic rings. The number of halogens is 2. The molecule has 0 spiro atoms. The van der Waals surface area contributed by atoms with E-state index in [9.17, 15) is 9.59 Å². The molecule has 0 radical (unpaired) electrons. The summed E-state index contributed by atoms with van der Waals surface area (Å²) in [5.41, 5.74) is 3.33. The van der Waals surface area contributed by atoms with Crippen LogP contribution in [0.3, 0.4) is 0 Å². The minimum absolute atomic E-state index is 0.0683. The Morgan fingerprint density at radius 3 is 2.21 bits per heavy atom. The summed E-state index contributed by atoms with van der Waals surface area (Å²) < 4.78 is 15.7. The number of nitrogens with one attached hydrogen (secondary N) is 2. The zero-order valence-electron chi connectivity index (χ0n) is 15.9. The van der Waals surface area contributed by atoms with E-state index in [1.54, 1.807) is 30.3 Å². The second-order valence-corrected chi connectivity index (χ2v) is 6.42. The first-order chi connectivity index (χ1) is 13.9. The summed E-state index contributed by atoms with van der Waals surface area (Å²) in [5.74, 6) is -0.511. The van der Waals surface area contributed by atoms with E-state index in [0.29, 0.717) is 38.4 Å². The molecule has 0 bridgehead atoms. The molecule has 154 valence electrons. The number of hydrogen-bond donors (Lipinski definition) is 2. The van der Waals surface area contributed by atoms with E-state index in [1.807, 2.05) is 0 Å². The average Bonchev–Trinajstić information content (AvgIpc) is 2.71. The van der Waals surface area contributed by atoms with Crippen LogP contribution in [-0.2, 0) is 16.1 Å². The molecule has 0 unspecified atom stereocenters. The average molecular weight is 440 g/mol. The maximum atomic E-state index is 11.9. The first-order valence-electron chi connectivity index (χ1n) is 8.24. The van der Waals surface area contributed by atoms with Crippen molar-refractivity contribution in [2.75, 3.05) is 21.3 Å². The van der Waals surface area contributed by atoms with Crippen LogP contribution in [0.5, 0.6) is 17.2 Å². The molecule has 0 atom stereocenters. The van der Waals surface area contributed by atoms with Crippen molar-refractivity contribution in [3.63, 3.8) is 0 Å². The zero-order chi connectivity index (χ0) is 21.4. The van der Waals surface area contributed by atoms with Crippen LogP contribution in [0.1, 0.15) is 11.1 Å². The number of ether oxygens (including phenoxy) is 3. The Morgan fingerprint density at radius 2 is 1.66 bits per heavy atom. The lowest BCUT2D eigenvalue weighted by Gasteiger charge is -2.12. The normalized spacial score (nSPS) is 10.5. The monoisotopic (exact) mass is 439 g/mol. The minimum Gasteiger partial charge on any atom is -0.493 e. The molecule has 0 saturated carbocycles. The highest BCUT2D eigenvalue weighted by atomic mass is 35.5. The topological polar surface area (TPSA) is 98.2 Å². The highest BCUT2D eigenvalue weighted by Crippen LogP contribution is 2.37. The van der Waals surface area contributed by atoms with Crippen LogP contribution >= 0.6 is 23.2 Å². The molecule has 0 aliphatic heterocycles. The molecule has 0 heterocycles. The second-order valence-electron chi connectivity index (χ2n) is 5.58. The Morgan fingerprint density at radius 1 is 1.00 bits per heavy atom. The summed E-state index contributed by atoms with van der Waals surface area (Å²) in [5, 5.41) is 7.09. The highest BCUT2D eigenvalue weighted by Gasteiger charge is 2.14. The van der Waals surface area contributed by atoms with Gasteiger partial charge in [0.15, 0.2) is 11.5 Å². The van der Waals surface area contributed by atoms with Crippen LogP contribution in [0, 0.1) is 0 Å². The Balaban J connectivity index is 1.97.